The second-order valence-electron chi connectivity index (χ2n) is 8.04. The Morgan fingerprint density at radius 1 is 1.27 bits per heavy atom. The molecule has 4 heterocycles. The molecule has 8 nitrogen and oxygen atoms in total. The van der Waals surface area contributed by atoms with Gasteiger partial charge < -0.3 is 5.32 Å². The Morgan fingerprint density at radius 3 is 2.92 bits per heavy atom. The standard InChI is InChI=1S/C17H32ClN7O/c1-2-13(11-4-3-6-19-8-11)25-14-5-7-24(10-12(14)21-23-25)15-9-20-22-17(26)16(15)18/h11-16,19-21,23H,2-10H2,1H3,(H,22,26)/t11?,12?,13-,14?,15?,16?/m1/s1. The van der Waals surface area contributed by atoms with Gasteiger partial charge >= 0.3 is 0 Å². The molecular weight excluding hydrogens is 354 g/mol. The minimum Gasteiger partial charge on any atom is -0.316 e. The van der Waals surface area contributed by atoms with Gasteiger partial charge in [-0.05, 0) is 44.7 Å². The first-order chi connectivity index (χ1) is 12.7. The number of piperidine rings is 2. The van der Waals surface area contributed by atoms with E-state index in [1.165, 1.54) is 12.8 Å². The van der Waals surface area contributed by atoms with E-state index >= 15 is 0 Å². The van der Waals surface area contributed by atoms with Crippen LogP contribution in [0.25, 0.3) is 0 Å². The molecule has 0 saturated carbocycles. The molecule has 4 aliphatic heterocycles. The highest BCUT2D eigenvalue weighted by Gasteiger charge is 2.45. The molecule has 0 aliphatic carbocycles. The normalized spacial score (nSPS) is 40.8. The molecule has 0 aromatic rings. The molecule has 6 atom stereocenters. The summed E-state index contributed by atoms with van der Waals surface area (Å²) in [4.78, 5) is 14.2. The number of nitrogens with zero attached hydrogens (tertiary/aromatic N) is 2. The third-order valence-electron chi connectivity index (χ3n) is 6.58. The Kier molecular flexibility index (Phi) is 5.99. The summed E-state index contributed by atoms with van der Waals surface area (Å²) >= 11 is 6.37. The van der Waals surface area contributed by atoms with Crippen molar-refractivity contribution in [3.05, 3.63) is 0 Å². The smallest absolute Gasteiger partial charge is 0.253 e. The minimum absolute atomic E-state index is 0.0479. The number of halogens is 1. The molecule has 5 N–H and O–H groups in total. The number of fused-ring (bicyclic) bond motifs is 1. The minimum atomic E-state index is -0.491. The van der Waals surface area contributed by atoms with Crippen LogP contribution in [-0.4, -0.2) is 78.1 Å². The molecule has 0 aromatic heterocycles. The number of carbonyl (C=O) groups excluding carboxylic acids is 1. The first-order valence-electron chi connectivity index (χ1n) is 10.1. The first kappa shape index (κ1) is 18.9. The Morgan fingerprint density at radius 2 is 2.15 bits per heavy atom. The fraction of sp³-hybridized carbons (Fsp3) is 0.941. The van der Waals surface area contributed by atoms with Crippen molar-refractivity contribution >= 4 is 17.5 Å². The van der Waals surface area contributed by atoms with Crippen LogP contribution >= 0.6 is 11.6 Å². The average molecular weight is 386 g/mol. The van der Waals surface area contributed by atoms with E-state index in [9.17, 15) is 4.79 Å². The Hall–Kier alpha value is -0.480. The topological polar surface area (TPSA) is 83.7 Å². The summed E-state index contributed by atoms with van der Waals surface area (Å²) < 4.78 is 0. The van der Waals surface area contributed by atoms with E-state index in [2.05, 4.69) is 44.0 Å². The van der Waals surface area contributed by atoms with Crippen LogP contribution in [0.5, 0.6) is 0 Å². The molecule has 1 amide bonds. The zero-order chi connectivity index (χ0) is 18.1. The first-order valence-corrected chi connectivity index (χ1v) is 10.5. The fourth-order valence-corrected chi connectivity index (χ4v) is 5.48. The Balaban J connectivity index is 1.39. The second kappa shape index (κ2) is 8.26. The van der Waals surface area contributed by atoms with E-state index in [4.69, 9.17) is 11.6 Å². The molecule has 0 radical (unpaired) electrons. The quantitative estimate of drug-likeness (QED) is 0.403. The predicted octanol–water partition coefficient (Wildman–Crippen LogP) is -0.857. The maximum atomic E-state index is 11.9. The molecule has 4 saturated heterocycles. The zero-order valence-electron chi connectivity index (χ0n) is 15.5. The van der Waals surface area contributed by atoms with E-state index in [0.29, 0.717) is 30.6 Å². The van der Waals surface area contributed by atoms with Crippen LogP contribution in [0.3, 0.4) is 0 Å². The Labute approximate surface area is 160 Å². The number of likely N-dealkylation sites (tertiary alicyclic amines) is 1. The van der Waals surface area contributed by atoms with Crippen molar-refractivity contribution < 1.29 is 4.79 Å². The number of carbonyl (C=O) groups is 1. The van der Waals surface area contributed by atoms with E-state index < -0.39 is 5.38 Å². The highest BCUT2D eigenvalue weighted by Crippen LogP contribution is 2.29. The van der Waals surface area contributed by atoms with Gasteiger partial charge in [0.1, 0.15) is 5.38 Å². The predicted molar refractivity (Wildman–Crippen MR) is 101 cm³/mol. The SMILES string of the molecule is CC[C@H](C1CCCNC1)N1NNC2CN(C3CNNC(=O)C3Cl)CCC21. The third kappa shape index (κ3) is 3.61. The largest absolute Gasteiger partial charge is 0.316 e. The maximum absolute atomic E-state index is 11.9. The highest BCUT2D eigenvalue weighted by molar-refractivity contribution is 6.31. The molecule has 148 valence electrons. The van der Waals surface area contributed by atoms with Gasteiger partial charge in [0.05, 0.1) is 6.04 Å². The summed E-state index contributed by atoms with van der Waals surface area (Å²) in [5, 5.41) is 5.56. The van der Waals surface area contributed by atoms with Crippen LogP contribution in [0.1, 0.15) is 32.6 Å². The van der Waals surface area contributed by atoms with Crippen molar-refractivity contribution in [3.63, 3.8) is 0 Å². The van der Waals surface area contributed by atoms with Crippen molar-refractivity contribution in [2.24, 2.45) is 5.92 Å². The highest BCUT2D eigenvalue weighted by atomic mass is 35.5. The molecule has 4 rings (SSSR count). The summed E-state index contributed by atoms with van der Waals surface area (Å²) in [7, 11) is 0. The number of amides is 1. The second-order valence-corrected chi connectivity index (χ2v) is 8.51. The lowest BCUT2D eigenvalue weighted by molar-refractivity contribution is -0.125. The van der Waals surface area contributed by atoms with Crippen LogP contribution in [0.4, 0.5) is 0 Å². The summed E-state index contributed by atoms with van der Waals surface area (Å²) in [6.45, 7) is 7.16. The van der Waals surface area contributed by atoms with Crippen LogP contribution in [0.2, 0.25) is 0 Å². The van der Waals surface area contributed by atoms with Crippen LogP contribution < -0.4 is 27.1 Å². The van der Waals surface area contributed by atoms with Crippen molar-refractivity contribution in [2.75, 3.05) is 32.7 Å². The van der Waals surface area contributed by atoms with Gasteiger partial charge in [-0.2, -0.15) is 5.53 Å². The zero-order valence-corrected chi connectivity index (χ0v) is 16.3. The van der Waals surface area contributed by atoms with E-state index in [1.54, 1.807) is 0 Å². The van der Waals surface area contributed by atoms with Gasteiger partial charge in [-0.3, -0.25) is 15.1 Å². The van der Waals surface area contributed by atoms with Gasteiger partial charge in [-0.1, -0.05) is 6.92 Å². The molecular formula is C17H32ClN7O. The molecule has 0 spiro atoms. The molecule has 0 aromatic carbocycles. The number of hydrazine groups is 3. The van der Waals surface area contributed by atoms with Gasteiger partial charge in [0.25, 0.3) is 5.91 Å². The van der Waals surface area contributed by atoms with Crippen molar-refractivity contribution in [1.82, 2.24) is 37.0 Å². The third-order valence-corrected chi connectivity index (χ3v) is 7.07. The van der Waals surface area contributed by atoms with Gasteiger partial charge in [0.2, 0.25) is 0 Å². The van der Waals surface area contributed by atoms with Crippen LogP contribution in [0.15, 0.2) is 0 Å². The van der Waals surface area contributed by atoms with Crippen molar-refractivity contribution in [3.8, 4) is 0 Å². The van der Waals surface area contributed by atoms with Gasteiger partial charge in [0, 0.05) is 37.8 Å². The molecule has 4 aliphatic rings. The molecule has 0 bridgehead atoms. The number of hydrogen-bond acceptors (Lipinski definition) is 7. The number of alkyl halides is 1. The molecule has 26 heavy (non-hydrogen) atoms. The molecule has 9 heteroatoms. The van der Waals surface area contributed by atoms with Crippen LogP contribution in [0, 0.1) is 5.92 Å². The van der Waals surface area contributed by atoms with E-state index in [0.717, 1.165) is 39.0 Å². The summed E-state index contributed by atoms with van der Waals surface area (Å²) in [5.41, 5.74) is 12.6. The molecule has 5 unspecified atom stereocenters. The Bertz CT molecular complexity index is 504. The van der Waals surface area contributed by atoms with Gasteiger partial charge in [0.15, 0.2) is 0 Å². The van der Waals surface area contributed by atoms with Gasteiger partial charge in [-0.15, -0.1) is 11.6 Å². The lowest BCUT2D eigenvalue weighted by Crippen LogP contribution is -2.65. The summed E-state index contributed by atoms with van der Waals surface area (Å²) in [6, 6.07) is 1.46. The van der Waals surface area contributed by atoms with Crippen molar-refractivity contribution in [2.45, 2.75) is 62.2 Å². The lowest BCUT2D eigenvalue weighted by Gasteiger charge is -2.45. The number of rotatable bonds is 4. The average Bonchev–Trinajstić information content (AvgIpc) is 3.09. The van der Waals surface area contributed by atoms with Gasteiger partial charge in [-0.25, -0.2) is 15.9 Å². The molecule has 4 fully saturated rings. The van der Waals surface area contributed by atoms with E-state index in [-0.39, 0.29) is 11.9 Å². The summed E-state index contributed by atoms with van der Waals surface area (Å²) in [6.07, 6.45) is 4.83. The lowest BCUT2D eigenvalue weighted by atomic mass is 9.87. The number of nitrogens with one attached hydrogen (secondary N) is 5. The van der Waals surface area contributed by atoms with E-state index in [1.807, 2.05) is 0 Å². The maximum Gasteiger partial charge on any atom is 0.253 e. The van der Waals surface area contributed by atoms with Crippen molar-refractivity contribution in [1.29, 1.82) is 0 Å². The fourth-order valence-electron chi connectivity index (χ4n) is 5.18. The monoisotopic (exact) mass is 385 g/mol. The summed E-state index contributed by atoms with van der Waals surface area (Å²) in [5.74, 6) is 0.582. The van der Waals surface area contributed by atoms with Crippen LogP contribution in [-0.2, 0) is 4.79 Å². The number of hydrogen-bond donors (Lipinski definition) is 5.